The van der Waals surface area contributed by atoms with Crippen LogP contribution < -0.4 is 10.5 Å². The minimum atomic E-state index is -0.639. The molecule has 78 valence electrons. The zero-order valence-corrected chi connectivity index (χ0v) is 8.95. The van der Waals surface area contributed by atoms with Crippen LogP contribution in [0.2, 0.25) is 5.02 Å². The summed E-state index contributed by atoms with van der Waals surface area (Å²) in [5.74, 6) is 0.570. The Morgan fingerprint density at radius 3 is 2.64 bits per heavy atom. The van der Waals surface area contributed by atoms with E-state index < -0.39 is 12.1 Å². The number of halogens is 1. The smallest absolute Gasteiger partial charge is 0.137 e. The molecule has 0 aliphatic heterocycles. The van der Waals surface area contributed by atoms with Crippen molar-refractivity contribution >= 4 is 11.6 Å². The highest BCUT2D eigenvalue weighted by Crippen LogP contribution is 2.31. The second-order valence-electron chi connectivity index (χ2n) is 3.13. The highest BCUT2D eigenvalue weighted by molar-refractivity contribution is 6.32. The Morgan fingerprint density at radius 1 is 1.50 bits per heavy atom. The van der Waals surface area contributed by atoms with Gasteiger partial charge in [-0.05, 0) is 18.6 Å². The Balaban J connectivity index is 3.09. The van der Waals surface area contributed by atoms with E-state index in [4.69, 9.17) is 22.1 Å². The number of benzene rings is 1. The summed E-state index contributed by atoms with van der Waals surface area (Å²) in [5.41, 5.74) is 6.47. The number of hydrogen-bond donors (Lipinski definition) is 2. The quantitative estimate of drug-likeness (QED) is 0.808. The molecular formula is C10H14ClNO2. The zero-order valence-electron chi connectivity index (χ0n) is 8.20. The summed E-state index contributed by atoms with van der Waals surface area (Å²) in [6, 6.07) is 4.84. The summed E-state index contributed by atoms with van der Waals surface area (Å²) in [7, 11) is 1.54. The lowest BCUT2D eigenvalue weighted by Crippen LogP contribution is -2.23. The molecule has 0 radical (unpaired) electrons. The SMILES string of the molecule is COc1cccc([C@H](N)[C@H](C)O)c1Cl. The Bertz CT molecular complexity index is 315. The van der Waals surface area contributed by atoms with Gasteiger partial charge in [-0.3, -0.25) is 0 Å². The van der Waals surface area contributed by atoms with Gasteiger partial charge in [0.2, 0.25) is 0 Å². The summed E-state index contributed by atoms with van der Waals surface area (Å²) < 4.78 is 5.05. The molecule has 1 aromatic carbocycles. The molecule has 0 amide bonds. The molecule has 0 unspecified atom stereocenters. The van der Waals surface area contributed by atoms with Crippen LogP contribution in [-0.2, 0) is 0 Å². The molecule has 0 heterocycles. The molecule has 2 atom stereocenters. The van der Waals surface area contributed by atoms with Crippen molar-refractivity contribution in [2.24, 2.45) is 5.73 Å². The van der Waals surface area contributed by atoms with Gasteiger partial charge in [0.25, 0.3) is 0 Å². The second-order valence-corrected chi connectivity index (χ2v) is 3.51. The van der Waals surface area contributed by atoms with Gasteiger partial charge in [0.15, 0.2) is 0 Å². The minimum Gasteiger partial charge on any atom is -0.495 e. The molecule has 0 aromatic heterocycles. The van der Waals surface area contributed by atoms with Crippen molar-refractivity contribution in [1.29, 1.82) is 0 Å². The van der Waals surface area contributed by atoms with Gasteiger partial charge < -0.3 is 15.6 Å². The van der Waals surface area contributed by atoms with Crippen LogP contribution in [0.3, 0.4) is 0 Å². The van der Waals surface area contributed by atoms with Gasteiger partial charge in [-0.15, -0.1) is 0 Å². The number of aliphatic hydroxyl groups excluding tert-OH is 1. The van der Waals surface area contributed by atoms with Gasteiger partial charge in [-0.1, -0.05) is 23.7 Å². The third-order valence-electron chi connectivity index (χ3n) is 2.09. The highest BCUT2D eigenvalue weighted by atomic mass is 35.5. The predicted octanol–water partition coefficient (Wildman–Crippen LogP) is 1.73. The minimum absolute atomic E-state index is 0.461. The van der Waals surface area contributed by atoms with E-state index in [2.05, 4.69) is 0 Å². The first-order valence-corrected chi connectivity index (χ1v) is 4.71. The molecule has 3 N–H and O–H groups in total. The van der Waals surface area contributed by atoms with Crippen LogP contribution in [0.4, 0.5) is 0 Å². The van der Waals surface area contributed by atoms with E-state index in [9.17, 15) is 5.11 Å². The lowest BCUT2D eigenvalue weighted by atomic mass is 10.0. The van der Waals surface area contributed by atoms with E-state index in [0.29, 0.717) is 16.3 Å². The van der Waals surface area contributed by atoms with Crippen LogP contribution in [0.5, 0.6) is 5.75 Å². The van der Waals surface area contributed by atoms with E-state index in [1.54, 1.807) is 32.2 Å². The molecule has 0 saturated heterocycles. The van der Waals surface area contributed by atoms with Gasteiger partial charge in [-0.2, -0.15) is 0 Å². The van der Waals surface area contributed by atoms with Crippen molar-refractivity contribution in [2.75, 3.05) is 7.11 Å². The highest BCUT2D eigenvalue weighted by Gasteiger charge is 2.17. The number of hydrogen-bond acceptors (Lipinski definition) is 3. The number of rotatable bonds is 3. The third kappa shape index (κ3) is 2.18. The van der Waals surface area contributed by atoms with E-state index in [-0.39, 0.29) is 0 Å². The van der Waals surface area contributed by atoms with E-state index >= 15 is 0 Å². The molecule has 3 nitrogen and oxygen atoms in total. The predicted molar refractivity (Wildman–Crippen MR) is 56.6 cm³/mol. The van der Waals surface area contributed by atoms with Crippen LogP contribution in [0.15, 0.2) is 18.2 Å². The van der Waals surface area contributed by atoms with E-state index in [1.165, 1.54) is 0 Å². The normalized spacial score (nSPS) is 14.9. The first kappa shape index (κ1) is 11.3. The molecule has 1 aromatic rings. The number of aliphatic hydroxyl groups is 1. The maximum atomic E-state index is 9.34. The van der Waals surface area contributed by atoms with Crippen LogP contribution in [0.1, 0.15) is 18.5 Å². The molecule has 0 spiro atoms. The second kappa shape index (κ2) is 4.64. The van der Waals surface area contributed by atoms with Crippen LogP contribution in [-0.4, -0.2) is 18.3 Å². The fourth-order valence-corrected chi connectivity index (χ4v) is 1.53. The Labute approximate surface area is 88.4 Å². The molecule has 1 rings (SSSR count). The molecule has 0 bridgehead atoms. The average Bonchev–Trinajstić information content (AvgIpc) is 2.17. The maximum absolute atomic E-state index is 9.34. The van der Waals surface area contributed by atoms with Crippen molar-refractivity contribution in [1.82, 2.24) is 0 Å². The lowest BCUT2D eigenvalue weighted by Gasteiger charge is -2.17. The molecule has 0 aliphatic rings. The lowest BCUT2D eigenvalue weighted by molar-refractivity contribution is 0.164. The summed E-state index contributed by atoms with van der Waals surface area (Å²) in [5, 5.41) is 9.80. The molecule has 0 saturated carbocycles. The fraction of sp³-hybridized carbons (Fsp3) is 0.400. The number of ether oxygens (including phenoxy) is 1. The summed E-state index contributed by atoms with van der Waals surface area (Å²) >= 11 is 6.03. The molecular weight excluding hydrogens is 202 g/mol. The summed E-state index contributed by atoms with van der Waals surface area (Å²) in [4.78, 5) is 0. The van der Waals surface area contributed by atoms with Gasteiger partial charge in [0, 0.05) is 0 Å². The van der Waals surface area contributed by atoms with E-state index in [1.807, 2.05) is 0 Å². The first-order valence-electron chi connectivity index (χ1n) is 4.34. The van der Waals surface area contributed by atoms with Gasteiger partial charge in [0.1, 0.15) is 5.75 Å². The Hall–Kier alpha value is -0.770. The van der Waals surface area contributed by atoms with Crippen LogP contribution >= 0.6 is 11.6 Å². The third-order valence-corrected chi connectivity index (χ3v) is 2.50. The monoisotopic (exact) mass is 215 g/mol. The Morgan fingerprint density at radius 2 is 2.14 bits per heavy atom. The van der Waals surface area contributed by atoms with Crippen LogP contribution in [0.25, 0.3) is 0 Å². The largest absolute Gasteiger partial charge is 0.495 e. The van der Waals surface area contributed by atoms with Crippen molar-refractivity contribution in [3.63, 3.8) is 0 Å². The van der Waals surface area contributed by atoms with Crippen molar-refractivity contribution < 1.29 is 9.84 Å². The molecule has 14 heavy (non-hydrogen) atoms. The fourth-order valence-electron chi connectivity index (χ4n) is 1.20. The summed E-state index contributed by atoms with van der Waals surface area (Å²) in [6.45, 7) is 1.63. The van der Waals surface area contributed by atoms with Crippen molar-refractivity contribution in [3.05, 3.63) is 28.8 Å². The summed E-state index contributed by atoms with van der Waals surface area (Å²) in [6.07, 6.45) is -0.639. The maximum Gasteiger partial charge on any atom is 0.137 e. The number of nitrogens with two attached hydrogens (primary N) is 1. The Kier molecular flexibility index (Phi) is 3.75. The molecule has 4 heteroatoms. The topological polar surface area (TPSA) is 55.5 Å². The van der Waals surface area contributed by atoms with E-state index in [0.717, 1.165) is 0 Å². The zero-order chi connectivity index (χ0) is 10.7. The van der Waals surface area contributed by atoms with Gasteiger partial charge >= 0.3 is 0 Å². The van der Waals surface area contributed by atoms with Crippen molar-refractivity contribution in [2.45, 2.75) is 19.1 Å². The molecule has 0 fully saturated rings. The van der Waals surface area contributed by atoms with Gasteiger partial charge in [-0.25, -0.2) is 0 Å². The standard InChI is InChI=1S/C10H14ClNO2/c1-6(13)10(12)7-4-3-5-8(14-2)9(7)11/h3-6,10,13H,12H2,1-2H3/t6-,10+/m0/s1. The number of methoxy groups -OCH3 is 1. The molecule has 0 aliphatic carbocycles. The van der Waals surface area contributed by atoms with Crippen LogP contribution in [0, 0.1) is 0 Å². The average molecular weight is 216 g/mol. The van der Waals surface area contributed by atoms with Crippen molar-refractivity contribution in [3.8, 4) is 5.75 Å². The van der Waals surface area contributed by atoms with Gasteiger partial charge in [0.05, 0.1) is 24.3 Å². The first-order chi connectivity index (χ1) is 6.57.